The molecule has 1 aromatic rings. The van der Waals surface area contributed by atoms with Crippen LogP contribution in [-0.2, 0) is 24.2 Å². The second-order valence-electron chi connectivity index (χ2n) is 4.13. The highest BCUT2D eigenvalue weighted by Gasteiger charge is 2.16. The fourth-order valence-electron chi connectivity index (χ4n) is 1.84. The van der Waals surface area contributed by atoms with E-state index in [1.807, 2.05) is 10.9 Å². The minimum atomic E-state index is -0.744. The molecule has 0 saturated carbocycles. The zero-order chi connectivity index (χ0) is 12.1. The molecule has 0 radical (unpaired) electrons. The lowest BCUT2D eigenvalue weighted by Gasteiger charge is -2.09. The van der Waals surface area contributed by atoms with E-state index < -0.39 is 5.97 Å². The van der Waals surface area contributed by atoms with Crippen LogP contribution in [-0.4, -0.2) is 20.9 Å². The van der Waals surface area contributed by atoms with Gasteiger partial charge in [0.15, 0.2) is 0 Å². The van der Waals surface area contributed by atoms with Crippen LogP contribution in [0.5, 0.6) is 0 Å². The lowest BCUT2D eigenvalue weighted by molar-refractivity contribution is -0.141. The van der Waals surface area contributed by atoms with Crippen LogP contribution in [0.25, 0.3) is 0 Å². The van der Waals surface area contributed by atoms with Gasteiger partial charge in [-0.15, -0.1) is 0 Å². The van der Waals surface area contributed by atoms with E-state index >= 15 is 0 Å². The Hall–Kier alpha value is -1.32. The molecule has 0 bridgehead atoms. The molecule has 90 valence electrons. The Morgan fingerprint density at radius 3 is 2.75 bits per heavy atom. The van der Waals surface area contributed by atoms with Gasteiger partial charge < -0.3 is 5.11 Å². The third kappa shape index (κ3) is 2.84. The number of aromatic nitrogens is 2. The third-order valence-electron chi connectivity index (χ3n) is 2.77. The highest BCUT2D eigenvalue weighted by molar-refractivity contribution is 5.69. The molecule has 4 heteroatoms. The number of nitrogens with zero attached hydrogens (tertiary/aromatic N) is 2. The van der Waals surface area contributed by atoms with Gasteiger partial charge in [-0.3, -0.25) is 9.48 Å². The predicted molar refractivity (Wildman–Crippen MR) is 62.4 cm³/mol. The average Bonchev–Trinajstić information content (AvgIpc) is 2.61. The standard InChI is InChI=1S/C12H20N2O2/c1-4-6-11-10(7-9(3)12(15)16)8-13-14(11)5-2/h8-9H,4-7H2,1-3H3,(H,15,16). The number of hydrogen-bond donors (Lipinski definition) is 1. The molecule has 1 unspecified atom stereocenters. The first kappa shape index (κ1) is 12.7. The Bertz CT molecular complexity index is 358. The molecular formula is C12H20N2O2. The number of hydrogen-bond acceptors (Lipinski definition) is 2. The first-order chi connectivity index (χ1) is 7.60. The molecule has 16 heavy (non-hydrogen) atoms. The average molecular weight is 224 g/mol. The van der Waals surface area contributed by atoms with Crippen LogP contribution < -0.4 is 0 Å². The van der Waals surface area contributed by atoms with E-state index in [1.165, 1.54) is 5.69 Å². The maximum Gasteiger partial charge on any atom is 0.306 e. The Kier molecular flexibility index (Phi) is 4.52. The van der Waals surface area contributed by atoms with Crippen LogP contribution in [0.4, 0.5) is 0 Å². The number of carboxylic acids is 1. The molecule has 4 nitrogen and oxygen atoms in total. The third-order valence-corrected chi connectivity index (χ3v) is 2.77. The Balaban J connectivity index is 2.86. The number of carboxylic acid groups (broad SMARTS) is 1. The molecule has 1 heterocycles. The van der Waals surface area contributed by atoms with Crippen molar-refractivity contribution in [1.29, 1.82) is 0 Å². The van der Waals surface area contributed by atoms with Gasteiger partial charge in [0.1, 0.15) is 0 Å². The lowest BCUT2D eigenvalue weighted by atomic mass is 10.0. The number of rotatable bonds is 6. The van der Waals surface area contributed by atoms with Crippen molar-refractivity contribution in [3.8, 4) is 0 Å². The van der Waals surface area contributed by atoms with Gasteiger partial charge in [0.05, 0.1) is 12.1 Å². The summed E-state index contributed by atoms with van der Waals surface area (Å²) in [5.74, 6) is -1.09. The van der Waals surface area contributed by atoms with Crippen molar-refractivity contribution >= 4 is 5.97 Å². The summed E-state index contributed by atoms with van der Waals surface area (Å²) in [5.41, 5.74) is 2.27. The fraction of sp³-hybridized carbons (Fsp3) is 0.667. The number of aliphatic carboxylic acids is 1. The van der Waals surface area contributed by atoms with Crippen LogP contribution in [0.15, 0.2) is 6.20 Å². The summed E-state index contributed by atoms with van der Waals surface area (Å²) in [4.78, 5) is 10.8. The molecule has 0 saturated heterocycles. The normalized spacial score (nSPS) is 12.7. The van der Waals surface area contributed by atoms with Crippen LogP contribution in [0.1, 0.15) is 38.4 Å². The van der Waals surface area contributed by atoms with Gasteiger partial charge in [0.2, 0.25) is 0 Å². The van der Waals surface area contributed by atoms with Gasteiger partial charge in [0, 0.05) is 12.2 Å². The zero-order valence-electron chi connectivity index (χ0n) is 10.2. The Morgan fingerprint density at radius 1 is 1.56 bits per heavy atom. The molecule has 0 aliphatic rings. The molecule has 1 atom stereocenters. The van der Waals surface area contributed by atoms with Crippen LogP contribution in [0.3, 0.4) is 0 Å². The molecule has 1 N–H and O–H groups in total. The summed E-state index contributed by atoms with van der Waals surface area (Å²) < 4.78 is 1.97. The van der Waals surface area contributed by atoms with E-state index in [9.17, 15) is 4.79 Å². The fourth-order valence-corrected chi connectivity index (χ4v) is 1.84. The predicted octanol–water partition coefficient (Wildman–Crippen LogP) is 2.12. The molecule has 1 rings (SSSR count). The largest absolute Gasteiger partial charge is 0.481 e. The maximum atomic E-state index is 10.8. The summed E-state index contributed by atoms with van der Waals surface area (Å²) in [6.07, 6.45) is 4.41. The van der Waals surface area contributed by atoms with Crippen LogP contribution >= 0.6 is 0 Å². The van der Waals surface area contributed by atoms with Crippen LogP contribution in [0.2, 0.25) is 0 Å². The van der Waals surface area contributed by atoms with Gasteiger partial charge in [0.25, 0.3) is 0 Å². The lowest BCUT2D eigenvalue weighted by Crippen LogP contribution is -2.13. The number of aryl methyl sites for hydroxylation is 1. The zero-order valence-corrected chi connectivity index (χ0v) is 10.2. The minimum Gasteiger partial charge on any atom is -0.481 e. The quantitative estimate of drug-likeness (QED) is 0.805. The first-order valence-electron chi connectivity index (χ1n) is 5.86. The van der Waals surface area contributed by atoms with Gasteiger partial charge >= 0.3 is 5.97 Å². The first-order valence-corrected chi connectivity index (χ1v) is 5.86. The highest BCUT2D eigenvalue weighted by atomic mass is 16.4. The molecule has 0 aliphatic carbocycles. The minimum absolute atomic E-state index is 0.342. The summed E-state index contributed by atoms with van der Waals surface area (Å²) in [7, 11) is 0. The van der Waals surface area contributed by atoms with Crippen molar-refractivity contribution in [3.05, 3.63) is 17.5 Å². The van der Waals surface area contributed by atoms with Crippen molar-refractivity contribution in [2.45, 2.75) is 46.6 Å². The molecule has 0 amide bonds. The van der Waals surface area contributed by atoms with E-state index in [1.54, 1.807) is 6.92 Å². The van der Waals surface area contributed by atoms with Crippen molar-refractivity contribution < 1.29 is 9.90 Å². The van der Waals surface area contributed by atoms with Gasteiger partial charge in [-0.1, -0.05) is 20.3 Å². The van der Waals surface area contributed by atoms with Crippen molar-refractivity contribution in [2.24, 2.45) is 5.92 Å². The molecule has 0 aromatic carbocycles. The molecule has 0 aliphatic heterocycles. The van der Waals surface area contributed by atoms with Crippen molar-refractivity contribution in [1.82, 2.24) is 9.78 Å². The molecule has 0 fully saturated rings. The summed E-state index contributed by atoms with van der Waals surface area (Å²) in [6.45, 7) is 6.76. The van der Waals surface area contributed by atoms with Gasteiger partial charge in [-0.05, 0) is 25.3 Å². The van der Waals surface area contributed by atoms with Crippen LogP contribution in [0, 0.1) is 5.92 Å². The van der Waals surface area contributed by atoms with E-state index in [2.05, 4.69) is 18.9 Å². The SMILES string of the molecule is CCCc1c(CC(C)C(=O)O)cnn1CC. The Morgan fingerprint density at radius 2 is 2.25 bits per heavy atom. The van der Waals surface area contributed by atoms with E-state index in [0.29, 0.717) is 6.42 Å². The molecular weight excluding hydrogens is 204 g/mol. The molecule has 0 spiro atoms. The Labute approximate surface area is 96.3 Å². The summed E-state index contributed by atoms with van der Waals surface area (Å²) in [5, 5.41) is 13.2. The molecule has 1 aromatic heterocycles. The summed E-state index contributed by atoms with van der Waals surface area (Å²) >= 11 is 0. The maximum absolute atomic E-state index is 10.8. The van der Waals surface area contributed by atoms with E-state index in [-0.39, 0.29) is 5.92 Å². The van der Waals surface area contributed by atoms with E-state index in [0.717, 1.165) is 24.9 Å². The second kappa shape index (κ2) is 5.68. The van der Waals surface area contributed by atoms with Crippen molar-refractivity contribution in [3.63, 3.8) is 0 Å². The topological polar surface area (TPSA) is 55.1 Å². The van der Waals surface area contributed by atoms with Gasteiger partial charge in [-0.25, -0.2) is 0 Å². The van der Waals surface area contributed by atoms with E-state index in [4.69, 9.17) is 5.11 Å². The highest BCUT2D eigenvalue weighted by Crippen LogP contribution is 2.16. The monoisotopic (exact) mass is 224 g/mol. The van der Waals surface area contributed by atoms with Gasteiger partial charge in [-0.2, -0.15) is 5.10 Å². The summed E-state index contributed by atoms with van der Waals surface area (Å²) in [6, 6.07) is 0. The smallest absolute Gasteiger partial charge is 0.306 e. The van der Waals surface area contributed by atoms with Crippen molar-refractivity contribution in [2.75, 3.05) is 0 Å². The second-order valence-corrected chi connectivity index (χ2v) is 4.13. The number of carbonyl (C=O) groups is 1.